The number of nitrogens with zero attached hydrogens (tertiary/aromatic N) is 2. The number of nitro benzene ring substituents is 1. The zero-order chi connectivity index (χ0) is 16.0. The van der Waals surface area contributed by atoms with Crippen LogP contribution >= 0.6 is 0 Å². The van der Waals surface area contributed by atoms with Gasteiger partial charge in [-0.25, -0.2) is 4.79 Å². The molecule has 8 heteroatoms. The second-order valence-corrected chi connectivity index (χ2v) is 4.23. The molecule has 1 amide bonds. The van der Waals surface area contributed by atoms with Gasteiger partial charge in [0.05, 0.1) is 4.92 Å². The highest BCUT2D eigenvalue weighted by atomic mass is 16.6. The predicted octanol–water partition coefficient (Wildman–Crippen LogP) is 1.16. The van der Waals surface area contributed by atoms with E-state index < -0.39 is 10.9 Å². The van der Waals surface area contributed by atoms with Crippen molar-refractivity contribution in [3.63, 3.8) is 0 Å². The fourth-order valence-corrected chi connectivity index (χ4v) is 1.34. The molecule has 0 aromatic heterocycles. The fraction of sp³-hybridized carbons (Fsp3) is 0.231. The normalized spacial score (nSPS) is 10.4. The highest BCUT2D eigenvalue weighted by molar-refractivity contribution is 5.86. The lowest BCUT2D eigenvalue weighted by atomic mass is 10.1. The first-order valence-corrected chi connectivity index (χ1v) is 5.83. The van der Waals surface area contributed by atoms with Gasteiger partial charge in [-0.1, -0.05) is 0 Å². The van der Waals surface area contributed by atoms with Gasteiger partial charge in [0.2, 0.25) is 0 Å². The minimum Gasteiger partial charge on any atom is -0.483 e. The number of benzene rings is 1. The maximum absolute atomic E-state index is 11.4. The van der Waals surface area contributed by atoms with E-state index in [1.165, 1.54) is 29.2 Å². The van der Waals surface area contributed by atoms with Crippen molar-refractivity contribution in [1.29, 1.82) is 0 Å². The Morgan fingerprint density at radius 3 is 2.62 bits per heavy atom. The number of ether oxygens (including phenoxy) is 1. The second-order valence-electron chi connectivity index (χ2n) is 4.23. The molecule has 0 unspecified atom stereocenters. The molecule has 0 heterocycles. The van der Waals surface area contributed by atoms with Gasteiger partial charge in [0.15, 0.2) is 6.61 Å². The standard InChI is InChI=1S/C13H14N2O6/c1-14(2)12(16)8-21-11-5-4-10(15(19)20)7-9(11)3-6-13(17)18/h3-7H,8H2,1-2H3,(H,17,18)/b6-3+. The number of rotatable bonds is 6. The van der Waals surface area contributed by atoms with Crippen LogP contribution in [-0.2, 0) is 9.59 Å². The monoisotopic (exact) mass is 294 g/mol. The summed E-state index contributed by atoms with van der Waals surface area (Å²) in [6, 6.07) is 3.71. The van der Waals surface area contributed by atoms with E-state index in [-0.39, 0.29) is 29.5 Å². The Balaban J connectivity index is 3.03. The summed E-state index contributed by atoms with van der Waals surface area (Å²) in [6.07, 6.45) is 2.00. The predicted molar refractivity (Wildman–Crippen MR) is 74.0 cm³/mol. The molecule has 112 valence electrons. The van der Waals surface area contributed by atoms with Gasteiger partial charge >= 0.3 is 5.97 Å². The number of carboxylic acid groups (broad SMARTS) is 1. The van der Waals surface area contributed by atoms with E-state index in [9.17, 15) is 19.7 Å². The van der Waals surface area contributed by atoms with Crippen molar-refractivity contribution in [1.82, 2.24) is 4.90 Å². The van der Waals surface area contributed by atoms with Crippen molar-refractivity contribution >= 4 is 23.6 Å². The zero-order valence-electron chi connectivity index (χ0n) is 11.5. The second kappa shape index (κ2) is 7.04. The summed E-state index contributed by atoms with van der Waals surface area (Å²) in [5.41, 5.74) is 0.00415. The Morgan fingerprint density at radius 1 is 1.43 bits per heavy atom. The van der Waals surface area contributed by atoms with Crippen LogP contribution in [0, 0.1) is 10.1 Å². The molecule has 0 bridgehead atoms. The molecule has 0 saturated heterocycles. The molecule has 1 aromatic rings. The van der Waals surface area contributed by atoms with Gasteiger partial charge in [-0.3, -0.25) is 14.9 Å². The minimum absolute atomic E-state index is 0.188. The molecule has 1 N–H and O–H groups in total. The molecule has 1 aromatic carbocycles. The van der Waals surface area contributed by atoms with Gasteiger partial charge in [0.1, 0.15) is 5.75 Å². The quantitative estimate of drug-likeness (QED) is 0.479. The number of non-ortho nitro benzene ring substituents is 1. The first kappa shape index (κ1) is 16.2. The molecule has 0 fully saturated rings. The van der Waals surface area contributed by atoms with Gasteiger partial charge in [0, 0.05) is 37.9 Å². The third kappa shape index (κ3) is 4.94. The van der Waals surface area contributed by atoms with Gasteiger partial charge in [-0.05, 0) is 12.1 Å². The van der Waals surface area contributed by atoms with Crippen molar-refractivity contribution in [3.05, 3.63) is 40.0 Å². The number of amides is 1. The first-order chi connectivity index (χ1) is 9.81. The van der Waals surface area contributed by atoms with E-state index in [0.29, 0.717) is 0 Å². The number of carboxylic acids is 1. The van der Waals surface area contributed by atoms with Crippen molar-refractivity contribution < 1.29 is 24.4 Å². The van der Waals surface area contributed by atoms with Crippen LogP contribution in [0.4, 0.5) is 5.69 Å². The molecular formula is C13H14N2O6. The lowest BCUT2D eigenvalue weighted by molar-refractivity contribution is -0.384. The van der Waals surface area contributed by atoms with E-state index in [1.54, 1.807) is 14.1 Å². The number of nitro groups is 1. The Kier molecular flexibility index (Phi) is 5.41. The third-order valence-corrected chi connectivity index (χ3v) is 2.46. The van der Waals surface area contributed by atoms with Crippen LogP contribution in [0.5, 0.6) is 5.75 Å². The molecule has 0 aliphatic rings. The lowest BCUT2D eigenvalue weighted by Crippen LogP contribution is -2.27. The fourth-order valence-electron chi connectivity index (χ4n) is 1.34. The number of hydrogen-bond acceptors (Lipinski definition) is 5. The summed E-state index contributed by atoms with van der Waals surface area (Å²) in [5, 5.41) is 19.3. The Hall–Kier alpha value is -2.90. The highest BCUT2D eigenvalue weighted by Crippen LogP contribution is 2.25. The molecule has 0 aliphatic heterocycles. The maximum Gasteiger partial charge on any atom is 0.328 e. The summed E-state index contributed by atoms with van der Waals surface area (Å²) in [4.78, 5) is 33.4. The maximum atomic E-state index is 11.4. The van der Waals surface area contributed by atoms with Gasteiger partial charge in [-0.2, -0.15) is 0 Å². The number of carbonyl (C=O) groups excluding carboxylic acids is 1. The molecule has 8 nitrogen and oxygen atoms in total. The van der Waals surface area contributed by atoms with Crippen LogP contribution in [0.3, 0.4) is 0 Å². The summed E-state index contributed by atoms with van der Waals surface area (Å²) in [6.45, 7) is -0.251. The lowest BCUT2D eigenvalue weighted by Gasteiger charge is -2.12. The molecule has 21 heavy (non-hydrogen) atoms. The topological polar surface area (TPSA) is 110 Å². The molecule has 1 rings (SSSR count). The van der Waals surface area contributed by atoms with Crippen molar-refractivity contribution in [2.24, 2.45) is 0 Å². The van der Waals surface area contributed by atoms with E-state index in [1.807, 2.05) is 0 Å². The van der Waals surface area contributed by atoms with Crippen molar-refractivity contribution in [2.75, 3.05) is 20.7 Å². The van der Waals surface area contributed by atoms with Crippen molar-refractivity contribution in [2.45, 2.75) is 0 Å². The molecule has 0 radical (unpaired) electrons. The number of carbonyl (C=O) groups is 2. The summed E-state index contributed by atoms with van der Waals surface area (Å²) < 4.78 is 5.27. The number of hydrogen-bond donors (Lipinski definition) is 1. The molecular weight excluding hydrogens is 280 g/mol. The summed E-state index contributed by atoms with van der Waals surface area (Å²) in [7, 11) is 3.12. The molecule has 0 atom stereocenters. The van der Waals surface area contributed by atoms with Crippen LogP contribution < -0.4 is 4.74 Å². The van der Waals surface area contributed by atoms with E-state index >= 15 is 0 Å². The average Bonchev–Trinajstić information content (AvgIpc) is 2.42. The number of likely N-dealkylation sites (N-methyl/N-ethyl adjacent to an activating group) is 1. The minimum atomic E-state index is -1.20. The molecule has 0 saturated carbocycles. The highest BCUT2D eigenvalue weighted by Gasteiger charge is 2.12. The van der Waals surface area contributed by atoms with Crippen LogP contribution in [0.1, 0.15) is 5.56 Å². The van der Waals surface area contributed by atoms with Gasteiger partial charge < -0.3 is 14.7 Å². The van der Waals surface area contributed by atoms with E-state index in [4.69, 9.17) is 9.84 Å². The SMILES string of the molecule is CN(C)C(=O)COc1ccc([N+](=O)[O-])cc1/C=C/C(=O)O. The molecule has 0 aliphatic carbocycles. The molecule has 0 spiro atoms. The van der Waals surface area contributed by atoms with Crippen LogP contribution in [-0.4, -0.2) is 47.5 Å². The zero-order valence-corrected chi connectivity index (χ0v) is 11.5. The van der Waals surface area contributed by atoms with E-state index in [0.717, 1.165) is 6.08 Å². The summed E-state index contributed by atoms with van der Waals surface area (Å²) in [5.74, 6) is -1.30. The Labute approximate surface area is 120 Å². The Morgan fingerprint density at radius 2 is 2.10 bits per heavy atom. The van der Waals surface area contributed by atoms with Crippen molar-refractivity contribution in [3.8, 4) is 5.75 Å². The third-order valence-electron chi connectivity index (χ3n) is 2.46. The van der Waals surface area contributed by atoms with Gasteiger partial charge in [-0.15, -0.1) is 0 Å². The largest absolute Gasteiger partial charge is 0.483 e. The Bertz CT molecular complexity index is 594. The van der Waals surface area contributed by atoms with Crippen LogP contribution in [0.2, 0.25) is 0 Å². The van der Waals surface area contributed by atoms with Crippen LogP contribution in [0.25, 0.3) is 6.08 Å². The number of aliphatic carboxylic acids is 1. The van der Waals surface area contributed by atoms with Gasteiger partial charge in [0.25, 0.3) is 11.6 Å². The smallest absolute Gasteiger partial charge is 0.328 e. The average molecular weight is 294 g/mol. The first-order valence-electron chi connectivity index (χ1n) is 5.83. The summed E-state index contributed by atoms with van der Waals surface area (Å²) >= 11 is 0. The van der Waals surface area contributed by atoms with Crippen LogP contribution in [0.15, 0.2) is 24.3 Å². The van der Waals surface area contributed by atoms with E-state index in [2.05, 4.69) is 0 Å².